The Hall–Kier alpha value is -1.82. The molecule has 0 spiro atoms. The average Bonchev–Trinajstić information content (AvgIpc) is 2.55. The van der Waals surface area contributed by atoms with Crippen molar-refractivity contribution in [3.63, 3.8) is 0 Å². The SMILES string of the molecule is COCCCNc1ccc(C(=O)Nc2ccc(Cl)c(Cl)c2)nc1. The lowest BCUT2D eigenvalue weighted by Gasteiger charge is -2.08. The summed E-state index contributed by atoms with van der Waals surface area (Å²) in [5.74, 6) is -0.311. The van der Waals surface area contributed by atoms with Gasteiger partial charge in [0.1, 0.15) is 5.69 Å². The zero-order valence-electron chi connectivity index (χ0n) is 12.6. The summed E-state index contributed by atoms with van der Waals surface area (Å²) in [6, 6.07) is 8.36. The second kappa shape index (κ2) is 8.72. The maximum absolute atomic E-state index is 12.1. The topological polar surface area (TPSA) is 63.2 Å². The molecule has 23 heavy (non-hydrogen) atoms. The lowest BCUT2D eigenvalue weighted by Crippen LogP contribution is -2.14. The van der Waals surface area contributed by atoms with Crippen LogP contribution < -0.4 is 10.6 Å². The minimum Gasteiger partial charge on any atom is -0.385 e. The van der Waals surface area contributed by atoms with Crippen LogP contribution in [0.25, 0.3) is 0 Å². The first kappa shape index (κ1) is 17.5. The van der Waals surface area contributed by atoms with E-state index in [9.17, 15) is 4.79 Å². The van der Waals surface area contributed by atoms with Gasteiger partial charge in [0.15, 0.2) is 0 Å². The van der Waals surface area contributed by atoms with E-state index in [-0.39, 0.29) is 5.91 Å². The van der Waals surface area contributed by atoms with Crippen molar-refractivity contribution in [2.24, 2.45) is 0 Å². The Kier molecular flexibility index (Phi) is 6.65. The maximum atomic E-state index is 12.1. The highest BCUT2D eigenvalue weighted by Crippen LogP contribution is 2.25. The van der Waals surface area contributed by atoms with Gasteiger partial charge >= 0.3 is 0 Å². The first-order valence-corrected chi connectivity index (χ1v) is 7.81. The van der Waals surface area contributed by atoms with Crippen LogP contribution >= 0.6 is 23.2 Å². The lowest BCUT2D eigenvalue weighted by molar-refractivity contribution is 0.102. The van der Waals surface area contributed by atoms with Crippen LogP contribution in [-0.2, 0) is 4.74 Å². The lowest BCUT2D eigenvalue weighted by atomic mass is 10.2. The number of aromatic nitrogens is 1. The van der Waals surface area contributed by atoms with E-state index >= 15 is 0 Å². The number of nitrogens with zero attached hydrogens (tertiary/aromatic N) is 1. The van der Waals surface area contributed by atoms with Crippen molar-refractivity contribution in [1.82, 2.24) is 4.98 Å². The summed E-state index contributed by atoms with van der Waals surface area (Å²) in [4.78, 5) is 16.3. The fourth-order valence-electron chi connectivity index (χ4n) is 1.85. The van der Waals surface area contributed by atoms with Gasteiger partial charge in [0.25, 0.3) is 5.91 Å². The van der Waals surface area contributed by atoms with Gasteiger partial charge in [-0.05, 0) is 36.8 Å². The molecule has 2 aromatic rings. The van der Waals surface area contributed by atoms with Gasteiger partial charge in [-0.3, -0.25) is 4.79 Å². The molecule has 0 atom stereocenters. The molecular weight excluding hydrogens is 337 g/mol. The second-order valence-electron chi connectivity index (χ2n) is 4.79. The molecule has 1 heterocycles. The van der Waals surface area contributed by atoms with Gasteiger partial charge in [0, 0.05) is 25.9 Å². The van der Waals surface area contributed by atoms with Crippen LogP contribution in [0.2, 0.25) is 10.0 Å². The van der Waals surface area contributed by atoms with Gasteiger partial charge in [0.2, 0.25) is 0 Å². The van der Waals surface area contributed by atoms with Crippen molar-refractivity contribution in [3.05, 3.63) is 52.3 Å². The second-order valence-corrected chi connectivity index (χ2v) is 5.60. The number of amides is 1. The van der Waals surface area contributed by atoms with E-state index in [1.807, 2.05) is 6.07 Å². The molecule has 2 N–H and O–H groups in total. The molecule has 2 rings (SSSR count). The Morgan fingerprint density at radius 1 is 1.17 bits per heavy atom. The number of nitrogens with one attached hydrogen (secondary N) is 2. The Bertz CT molecular complexity index is 663. The van der Waals surface area contributed by atoms with Gasteiger partial charge in [-0.15, -0.1) is 0 Å². The number of benzene rings is 1. The molecule has 0 saturated carbocycles. The normalized spacial score (nSPS) is 10.4. The molecule has 122 valence electrons. The Labute approximate surface area is 145 Å². The van der Waals surface area contributed by atoms with Crippen LogP contribution in [0.5, 0.6) is 0 Å². The first-order chi connectivity index (χ1) is 11.1. The number of methoxy groups -OCH3 is 1. The van der Waals surface area contributed by atoms with Crippen molar-refractivity contribution >= 4 is 40.5 Å². The molecular formula is C16H17Cl2N3O2. The van der Waals surface area contributed by atoms with E-state index in [0.29, 0.717) is 28.0 Å². The summed E-state index contributed by atoms with van der Waals surface area (Å²) in [6.07, 6.45) is 2.52. The van der Waals surface area contributed by atoms with E-state index in [4.69, 9.17) is 27.9 Å². The zero-order chi connectivity index (χ0) is 16.7. The predicted molar refractivity (Wildman–Crippen MR) is 93.6 cm³/mol. The Balaban J connectivity index is 1.93. The molecule has 0 unspecified atom stereocenters. The van der Waals surface area contributed by atoms with Crippen LogP contribution in [0, 0.1) is 0 Å². The number of anilines is 2. The molecule has 0 bridgehead atoms. The van der Waals surface area contributed by atoms with Crippen molar-refractivity contribution < 1.29 is 9.53 Å². The number of hydrogen-bond donors (Lipinski definition) is 2. The van der Waals surface area contributed by atoms with Gasteiger partial charge in [0.05, 0.1) is 21.9 Å². The Morgan fingerprint density at radius 2 is 1.96 bits per heavy atom. The van der Waals surface area contributed by atoms with Crippen molar-refractivity contribution in [2.45, 2.75) is 6.42 Å². The van der Waals surface area contributed by atoms with Gasteiger partial charge in [-0.1, -0.05) is 23.2 Å². The molecule has 0 radical (unpaired) electrons. The van der Waals surface area contributed by atoms with Crippen molar-refractivity contribution in [3.8, 4) is 0 Å². The van der Waals surface area contributed by atoms with E-state index < -0.39 is 0 Å². The average molecular weight is 354 g/mol. The first-order valence-electron chi connectivity index (χ1n) is 7.05. The van der Waals surface area contributed by atoms with Crippen LogP contribution in [0.4, 0.5) is 11.4 Å². The monoisotopic (exact) mass is 353 g/mol. The molecule has 1 amide bonds. The third kappa shape index (κ3) is 5.39. The van der Waals surface area contributed by atoms with Crippen LogP contribution in [0.1, 0.15) is 16.9 Å². The number of carbonyl (C=O) groups is 1. The van der Waals surface area contributed by atoms with Crippen molar-refractivity contribution in [2.75, 3.05) is 30.9 Å². The summed E-state index contributed by atoms with van der Waals surface area (Å²) >= 11 is 11.8. The zero-order valence-corrected chi connectivity index (χ0v) is 14.1. The molecule has 0 fully saturated rings. The molecule has 0 saturated heterocycles. The van der Waals surface area contributed by atoms with E-state index in [1.54, 1.807) is 37.6 Å². The van der Waals surface area contributed by atoms with E-state index in [2.05, 4.69) is 15.6 Å². The van der Waals surface area contributed by atoms with Crippen LogP contribution in [0.15, 0.2) is 36.5 Å². The molecule has 1 aromatic carbocycles. The highest BCUT2D eigenvalue weighted by molar-refractivity contribution is 6.42. The number of hydrogen-bond acceptors (Lipinski definition) is 4. The minimum absolute atomic E-state index is 0.311. The number of halogens is 2. The van der Waals surface area contributed by atoms with Gasteiger partial charge in [-0.25, -0.2) is 4.98 Å². The van der Waals surface area contributed by atoms with Gasteiger partial charge < -0.3 is 15.4 Å². The molecule has 0 aliphatic carbocycles. The molecule has 5 nitrogen and oxygen atoms in total. The summed E-state index contributed by atoms with van der Waals surface area (Å²) in [5.41, 5.74) is 1.73. The molecule has 7 heteroatoms. The van der Waals surface area contributed by atoms with E-state index in [0.717, 1.165) is 18.7 Å². The molecule has 0 aliphatic heterocycles. The van der Waals surface area contributed by atoms with Crippen molar-refractivity contribution in [1.29, 1.82) is 0 Å². The number of pyridine rings is 1. The summed E-state index contributed by atoms with van der Waals surface area (Å²) in [7, 11) is 1.67. The maximum Gasteiger partial charge on any atom is 0.274 e. The number of ether oxygens (including phenoxy) is 1. The van der Waals surface area contributed by atoms with Gasteiger partial charge in [-0.2, -0.15) is 0 Å². The predicted octanol–water partition coefficient (Wildman–Crippen LogP) is 4.09. The summed E-state index contributed by atoms with van der Waals surface area (Å²) < 4.78 is 4.98. The Morgan fingerprint density at radius 3 is 2.61 bits per heavy atom. The summed E-state index contributed by atoms with van der Waals surface area (Å²) in [5, 5.41) is 6.75. The van der Waals surface area contributed by atoms with E-state index in [1.165, 1.54) is 0 Å². The standard InChI is InChI=1S/C16H17Cl2N3O2/c1-23-8-2-7-19-12-4-6-15(20-10-12)16(22)21-11-3-5-13(17)14(18)9-11/h3-6,9-10,19H,2,7-8H2,1H3,(H,21,22). The third-order valence-electron chi connectivity index (χ3n) is 3.03. The number of rotatable bonds is 7. The smallest absolute Gasteiger partial charge is 0.274 e. The minimum atomic E-state index is -0.311. The largest absolute Gasteiger partial charge is 0.385 e. The third-order valence-corrected chi connectivity index (χ3v) is 3.77. The quantitative estimate of drug-likeness (QED) is 0.735. The number of carbonyl (C=O) groups excluding carboxylic acids is 1. The summed E-state index contributed by atoms with van der Waals surface area (Å²) in [6.45, 7) is 1.48. The molecule has 1 aromatic heterocycles. The highest BCUT2D eigenvalue weighted by atomic mass is 35.5. The van der Waals surface area contributed by atoms with Crippen LogP contribution in [-0.4, -0.2) is 31.2 Å². The fourth-order valence-corrected chi connectivity index (χ4v) is 2.15. The molecule has 0 aliphatic rings. The highest BCUT2D eigenvalue weighted by Gasteiger charge is 2.08. The fraction of sp³-hybridized carbons (Fsp3) is 0.250. The van der Waals surface area contributed by atoms with Crippen LogP contribution in [0.3, 0.4) is 0 Å².